The first kappa shape index (κ1) is 8.03. The Labute approximate surface area is 56.5 Å². The molecule has 0 unspecified atom stereocenters. The Balaban J connectivity index is 3.29. The highest BCUT2D eigenvalue weighted by atomic mass is 35.5. The standard InChI is InChI=1S/C7H13Cl/c1-3-5-7(8)6-4-2/h5H,3-4,6H2,1-2H3/b7-5+. The van der Waals surface area contributed by atoms with E-state index in [4.69, 9.17) is 11.6 Å². The lowest BCUT2D eigenvalue weighted by molar-refractivity contribution is 0.937. The van der Waals surface area contributed by atoms with Crippen molar-refractivity contribution in [2.45, 2.75) is 33.1 Å². The van der Waals surface area contributed by atoms with E-state index in [0.29, 0.717) is 0 Å². The lowest BCUT2D eigenvalue weighted by atomic mass is 10.3. The molecule has 0 saturated heterocycles. The van der Waals surface area contributed by atoms with Crippen LogP contribution in [-0.4, -0.2) is 0 Å². The van der Waals surface area contributed by atoms with Gasteiger partial charge in [-0.25, -0.2) is 0 Å². The van der Waals surface area contributed by atoms with E-state index in [1.54, 1.807) is 0 Å². The lowest BCUT2D eigenvalue weighted by Gasteiger charge is -1.90. The summed E-state index contributed by atoms with van der Waals surface area (Å²) in [5, 5.41) is 1.01. The van der Waals surface area contributed by atoms with Crippen LogP contribution in [0.3, 0.4) is 0 Å². The largest absolute Gasteiger partial charge is 0.0895 e. The monoisotopic (exact) mass is 132 g/mol. The summed E-state index contributed by atoms with van der Waals surface area (Å²) in [6.07, 6.45) is 5.30. The maximum atomic E-state index is 5.74. The zero-order valence-electron chi connectivity index (χ0n) is 5.58. The van der Waals surface area contributed by atoms with Crippen LogP contribution < -0.4 is 0 Å². The van der Waals surface area contributed by atoms with Gasteiger partial charge in [-0.15, -0.1) is 0 Å². The van der Waals surface area contributed by atoms with Crippen molar-refractivity contribution in [1.82, 2.24) is 0 Å². The minimum absolute atomic E-state index is 1.01. The molecule has 0 atom stereocenters. The maximum absolute atomic E-state index is 5.74. The third-order valence-corrected chi connectivity index (χ3v) is 1.26. The highest BCUT2D eigenvalue weighted by Gasteiger charge is 1.85. The maximum Gasteiger partial charge on any atom is 0.0140 e. The second-order valence-corrected chi connectivity index (χ2v) is 2.29. The van der Waals surface area contributed by atoms with E-state index in [1.807, 2.05) is 0 Å². The van der Waals surface area contributed by atoms with Gasteiger partial charge in [0.25, 0.3) is 0 Å². The molecule has 0 aromatic rings. The first-order chi connectivity index (χ1) is 3.81. The summed E-state index contributed by atoms with van der Waals surface area (Å²) in [6, 6.07) is 0. The SMILES string of the molecule is CC/C=C(/Cl)CCC. The van der Waals surface area contributed by atoms with Crippen LogP contribution in [0.25, 0.3) is 0 Å². The molecule has 0 aromatic carbocycles. The normalized spacial score (nSPS) is 12.1. The Morgan fingerprint density at radius 3 is 2.50 bits per heavy atom. The second kappa shape index (κ2) is 5.17. The van der Waals surface area contributed by atoms with E-state index in [1.165, 1.54) is 0 Å². The third-order valence-electron chi connectivity index (χ3n) is 0.914. The van der Waals surface area contributed by atoms with Gasteiger partial charge in [-0.05, 0) is 12.8 Å². The first-order valence-electron chi connectivity index (χ1n) is 3.15. The highest BCUT2D eigenvalue weighted by molar-refractivity contribution is 6.29. The first-order valence-corrected chi connectivity index (χ1v) is 3.53. The highest BCUT2D eigenvalue weighted by Crippen LogP contribution is 2.09. The molecule has 0 aliphatic rings. The van der Waals surface area contributed by atoms with Crippen LogP contribution in [0, 0.1) is 0 Å². The zero-order chi connectivity index (χ0) is 6.41. The Bertz CT molecular complexity index is 74.5. The third kappa shape index (κ3) is 4.20. The van der Waals surface area contributed by atoms with Crippen LogP contribution in [0.2, 0.25) is 0 Å². The van der Waals surface area contributed by atoms with E-state index in [2.05, 4.69) is 19.9 Å². The van der Waals surface area contributed by atoms with Gasteiger partial charge in [0.1, 0.15) is 0 Å². The Morgan fingerprint density at radius 2 is 2.12 bits per heavy atom. The van der Waals surface area contributed by atoms with Gasteiger partial charge in [0.2, 0.25) is 0 Å². The fraction of sp³-hybridized carbons (Fsp3) is 0.714. The quantitative estimate of drug-likeness (QED) is 0.553. The summed E-state index contributed by atoms with van der Waals surface area (Å²) >= 11 is 5.74. The molecule has 0 saturated carbocycles. The van der Waals surface area contributed by atoms with Crippen molar-refractivity contribution in [1.29, 1.82) is 0 Å². The second-order valence-electron chi connectivity index (χ2n) is 1.81. The summed E-state index contributed by atoms with van der Waals surface area (Å²) in [4.78, 5) is 0. The predicted molar refractivity (Wildman–Crippen MR) is 39.1 cm³/mol. The van der Waals surface area contributed by atoms with Gasteiger partial charge in [-0.2, -0.15) is 0 Å². The molecule has 0 aliphatic heterocycles. The van der Waals surface area contributed by atoms with Gasteiger partial charge in [0.05, 0.1) is 0 Å². The van der Waals surface area contributed by atoms with Gasteiger partial charge in [-0.1, -0.05) is 37.9 Å². The molecule has 1 heteroatoms. The van der Waals surface area contributed by atoms with Crippen LogP contribution in [-0.2, 0) is 0 Å². The molecule has 0 aliphatic carbocycles. The van der Waals surface area contributed by atoms with E-state index in [-0.39, 0.29) is 0 Å². The topological polar surface area (TPSA) is 0 Å². The van der Waals surface area contributed by atoms with Crippen LogP contribution in [0.5, 0.6) is 0 Å². The van der Waals surface area contributed by atoms with Crippen molar-refractivity contribution < 1.29 is 0 Å². The molecule has 8 heavy (non-hydrogen) atoms. The summed E-state index contributed by atoms with van der Waals surface area (Å²) in [5.74, 6) is 0. The average Bonchev–Trinajstić information content (AvgIpc) is 1.68. The van der Waals surface area contributed by atoms with Crippen molar-refractivity contribution in [2.24, 2.45) is 0 Å². The van der Waals surface area contributed by atoms with Crippen LogP contribution in [0.1, 0.15) is 33.1 Å². The molecular weight excluding hydrogens is 120 g/mol. The van der Waals surface area contributed by atoms with Crippen molar-refractivity contribution >= 4 is 11.6 Å². The van der Waals surface area contributed by atoms with E-state index < -0.39 is 0 Å². The van der Waals surface area contributed by atoms with E-state index >= 15 is 0 Å². The molecule has 48 valence electrons. The molecule has 0 heterocycles. The summed E-state index contributed by atoms with van der Waals surface area (Å²) in [7, 11) is 0. The molecule has 0 spiro atoms. The minimum atomic E-state index is 1.01. The molecule has 0 rings (SSSR count). The molecule has 0 nitrogen and oxygen atoms in total. The Hall–Kier alpha value is 0.0300. The number of halogens is 1. The fourth-order valence-corrected chi connectivity index (χ4v) is 0.906. The number of rotatable bonds is 3. The predicted octanol–water partition coefficient (Wildman–Crippen LogP) is 3.32. The van der Waals surface area contributed by atoms with Crippen molar-refractivity contribution in [3.63, 3.8) is 0 Å². The Morgan fingerprint density at radius 1 is 1.50 bits per heavy atom. The molecule has 0 aromatic heterocycles. The molecule has 0 fully saturated rings. The van der Waals surface area contributed by atoms with Crippen LogP contribution >= 0.6 is 11.6 Å². The molecular formula is C7H13Cl. The van der Waals surface area contributed by atoms with Crippen molar-refractivity contribution in [3.05, 3.63) is 11.1 Å². The van der Waals surface area contributed by atoms with Gasteiger partial charge in [-0.3, -0.25) is 0 Å². The van der Waals surface area contributed by atoms with E-state index in [0.717, 1.165) is 24.3 Å². The van der Waals surface area contributed by atoms with Crippen molar-refractivity contribution in [2.75, 3.05) is 0 Å². The fourth-order valence-electron chi connectivity index (χ4n) is 0.562. The smallest absolute Gasteiger partial charge is 0.0140 e. The van der Waals surface area contributed by atoms with Gasteiger partial charge in [0.15, 0.2) is 0 Å². The molecule has 0 amide bonds. The lowest BCUT2D eigenvalue weighted by Crippen LogP contribution is -1.69. The number of hydrogen-bond donors (Lipinski definition) is 0. The van der Waals surface area contributed by atoms with Crippen molar-refractivity contribution in [3.8, 4) is 0 Å². The zero-order valence-corrected chi connectivity index (χ0v) is 6.33. The number of allylic oxidation sites excluding steroid dienone is 2. The Kier molecular flexibility index (Phi) is 5.19. The van der Waals surface area contributed by atoms with Crippen LogP contribution in [0.15, 0.2) is 11.1 Å². The van der Waals surface area contributed by atoms with Gasteiger partial charge in [0, 0.05) is 5.03 Å². The van der Waals surface area contributed by atoms with Gasteiger partial charge < -0.3 is 0 Å². The molecule has 0 radical (unpaired) electrons. The van der Waals surface area contributed by atoms with Crippen LogP contribution in [0.4, 0.5) is 0 Å². The molecule has 0 bridgehead atoms. The molecule has 0 N–H and O–H groups in total. The summed E-state index contributed by atoms with van der Waals surface area (Å²) in [6.45, 7) is 4.23. The van der Waals surface area contributed by atoms with Gasteiger partial charge >= 0.3 is 0 Å². The number of hydrogen-bond acceptors (Lipinski definition) is 0. The summed E-state index contributed by atoms with van der Waals surface area (Å²) < 4.78 is 0. The summed E-state index contributed by atoms with van der Waals surface area (Å²) in [5.41, 5.74) is 0. The average molecular weight is 133 g/mol. The van der Waals surface area contributed by atoms with E-state index in [9.17, 15) is 0 Å². The minimum Gasteiger partial charge on any atom is -0.0895 e.